The summed E-state index contributed by atoms with van der Waals surface area (Å²) >= 11 is 0. The lowest BCUT2D eigenvalue weighted by Gasteiger charge is -2.06. The predicted molar refractivity (Wildman–Crippen MR) is 83.7 cm³/mol. The van der Waals surface area contributed by atoms with Crippen molar-refractivity contribution in [2.24, 2.45) is 0 Å². The van der Waals surface area contributed by atoms with Gasteiger partial charge in [0.25, 0.3) is 0 Å². The highest BCUT2D eigenvalue weighted by Gasteiger charge is 2.07. The second kappa shape index (κ2) is 6.30. The first-order chi connectivity index (χ1) is 10.8. The van der Waals surface area contributed by atoms with Gasteiger partial charge in [0, 0.05) is 6.20 Å². The van der Waals surface area contributed by atoms with Crippen LogP contribution in [0.15, 0.2) is 54.9 Å². The Labute approximate surface area is 128 Å². The predicted octanol–water partition coefficient (Wildman–Crippen LogP) is 2.20. The van der Waals surface area contributed by atoms with Gasteiger partial charge in [-0.15, -0.1) is 0 Å². The molecule has 0 aliphatic heterocycles. The number of hydrogen-bond acceptors (Lipinski definition) is 3. The molecular weight excluding hydrogens is 278 g/mol. The van der Waals surface area contributed by atoms with E-state index >= 15 is 0 Å². The van der Waals surface area contributed by atoms with Gasteiger partial charge in [-0.2, -0.15) is 0 Å². The van der Waals surface area contributed by atoms with Crippen LogP contribution in [-0.2, 0) is 17.8 Å². The zero-order chi connectivity index (χ0) is 15.4. The Bertz CT molecular complexity index is 795. The molecule has 0 unspecified atom stereocenters. The Kier molecular flexibility index (Phi) is 4.05. The molecule has 2 aromatic heterocycles. The SMILES string of the molecule is COc1cccc(CC(=O)NCc2ncc3ccccn23)c1. The van der Waals surface area contributed by atoms with Crippen LogP contribution in [0.5, 0.6) is 5.75 Å². The fraction of sp³-hybridized carbons (Fsp3) is 0.176. The van der Waals surface area contributed by atoms with Crippen LogP contribution in [0.2, 0.25) is 0 Å². The minimum Gasteiger partial charge on any atom is -0.497 e. The minimum absolute atomic E-state index is 0.0408. The van der Waals surface area contributed by atoms with E-state index in [2.05, 4.69) is 10.3 Å². The summed E-state index contributed by atoms with van der Waals surface area (Å²) in [6, 6.07) is 13.4. The van der Waals surface area contributed by atoms with Crippen LogP contribution < -0.4 is 10.1 Å². The second-order valence-electron chi connectivity index (χ2n) is 4.97. The Morgan fingerprint density at radius 1 is 1.27 bits per heavy atom. The normalized spacial score (nSPS) is 10.6. The van der Waals surface area contributed by atoms with Gasteiger partial charge in [0.2, 0.25) is 5.91 Å². The Hall–Kier alpha value is -2.82. The summed E-state index contributed by atoms with van der Waals surface area (Å²) in [4.78, 5) is 16.4. The number of ether oxygens (including phenoxy) is 1. The molecule has 0 atom stereocenters. The number of rotatable bonds is 5. The molecule has 2 heterocycles. The monoisotopic (exact) mass is 295 g/mol. The quantitative estimate of drug-likeness (QED) is 0.785. The summed E-state index contributed by atoms with van der Waals surface area (Å²) in [5.41, 5.74) is 1.93. The number of nitrogens with zero attached hydrogens (tertiary/aromatic N) is 2. The van der Waals surface area contributed by atoms with E-state index in [9.17, 15) is 4.79 Å². The van der Waals surface area contributed by atoms with Crippen molar-refractivity contribution >= 4 is 11.4 Å². The smallest absolute Gasteiger partial charge is 0.224 e. The van der Waals surface area contributed by atoms with Crippen molar-refractivity contribution in [2.45, 2.75) is 13.0 Å². The maximum absolute atomic E-state index is 12.1. The topological polar surface area (TPSA) is 55.6 Å². The highest BCUT2D eigenvalue weighted by molar-refractivity contribution is 5.78. The number of aromatic nitrogens is 2. The molecule has 1 amide bonds. The molecule has 0 radical (unpaired) electrons. The summed E-state index contributed by atoms with van der Waals surface area (Å²) in [5, 5.41) is 2.90. The molecule has 3 rings (SSSR count). The Balaban J connectivity index is 1.62. The molecule has 0 saturated carbocycles. The van der Waals surface area contributed by atoms with E-state index in [-0.39, 0.29) is 5.91 Å². The van der Waals surface area contributed by atoms with Crippen LogP contribution in [0.1, 0.15) is 11.4 Å². The van der Waals surface area contributed by atoms with E-state index in [1.807, 2.05) is 53.1 Å². The van der Waals surface area contributed by atoms with Gasteiger partial charge in [0.1, 0.15) is 11.6 Å². The molecule has 0 saturated heterocycles. The molecule has 5 heteroatoms. The number of hydrogen-bond donors (Lipinski definition) is 1. The molecule has 112 valence electrons. The Morgan fingerprint density at radius 3 is 3.05 bits per heavy atom. The molecule has 3 aromatic rings. The molecule has 22 heavy (non-hydrogen) atoms. The van der Waals surface area contributed by atoms with Gasteiger partial charge in [-0.3, -0.25) is 4.79 Å². The third kappa shape index (κ3) is 3.09. The molecule has 0 fully saturated rings. The van der Waals surface area contributed by atoms with Gasteiger partial charge in [-0.25, -0.2) is 4.98 Å². The molecule has 1 aromatic carbocycles. The summed E-state index contributed by atoms with van der Waals surface area (Å²) in [6.07, 6.45) is 4.05. The van der Waals surface area contributed by atoms with Gasteiger partial charge >= 0.3 is 0 Å². The first kappa shape index (κ1) is 14.1. The van der Waals surface area contributed by atoms with Crippen molar-refractivity contribution in [3.8, 4) is 5.75 Å². The maximum atomic E-state index is 12.1. The first-order valence-electron chi connectivity index (χ1n) is 7.07. The van der Waals surface area contributed by atoms with Crippen molar-refractivity contribution in [1.82, 2.24) is 14.7 Å². The van der Waals surface area contributed by atoms with Crippen molar-refractivity contribution in [3.63, 3.8) is 0 Å². The van der Waals surface area contributed by atoms with Crippen LogP contribution in [0.4, 0.5) is 0 Å². The lowest BCUT2D eigenvalue weighted by Crippen LogP contribution is -2.25. The number of carbonyl (C=O) groups is 1. The van der Waals surface area contributed by atoms with Gasteiger partial charge in [-0.1, -0.05) is 18.2 Å². The number of fused-ring (bicyclic) bond motifs is 1. The number of pyridine rings is 1. The fourth-order valence-electron chi connectivity index (χ4n) is 2.34. The van der Waals surface area contributed by atoms with E-state index < -0.39 is 0 Å². The average molecular weight is 295 g/mol. The zero-order valence-electron chi connectivity index (χ0n) is 12.3. The van der Waals surface area contributed by atoms with Crippen molar-refractivity contribution < 1.29 is 9.53 Å². The summed E-state index contributed by atoms with van der Waals surface area (Å²) in [6.45, 7) is 0.404. The van der Waals surface area contributed by atoms with Crippen molar-refractivity contribution in [1.29, 1.82) is 0 Å². The van der Waals surface area contributed by atoms with Crippen molar-refractivity contribution in [3.05, 3.63) is 66.2 Å². The van der Waals surface area contributed by atoms with Gasteiger partial charge < -0.3 is 14.5 Å². The standard InChI is InChI=1S/C17H17N3O2/c1-22-15-7-4-5-13(9-15)10-17(21)19-12-16-18-11-14-6-2-3-8-20(14)16/h2-9,11H,10,12H2,1H3,(H,19,21). The number of imidazole rings is 1. The van der Waals surface area contributed by atoms with Crippen LogP contribution >= 0.6 is 0 Å². The lowest BCUT2D eigenvalue weighted by molar-refractivity contribution is -0.120. The number of amides is 1. The van der Waals surface area contributed by atoms with Gasteiger partial charge in [0.15, 0.2) is 0 Å². The number of benzene rings is 1. The second-order valence-corrected chi connectivity index (χ2v) is 4.97. The third-order valence-electron chi connectivity index (χ3n) is 3.46. The maximum Gasteiger partial charge on any atom is 0.224 e. The number of nitrogens with one attached hydrogen (secondary N) is 1. The molecule has 0 spiro atoms. The zero-order valence-corrected chi connectivity index (χ0v) is 12.3. The highest BCUT2D eigenvalue weighted by atomic mass is 16.5. The van der Waals surface area contributed by atoms with Gasteiger partial charge in [-0.05, 0) is 29.8 Å². The highest BCUT2D eigenvalue weighted by Crippen LogP contribution is 2.13. The fourth-order valence-corrected chi connectivity index (χ4v) is 2.34. The van der Waals surface area contributed by atoms with Crippen LogP contribution in [0.25, 0.3) is 5.52 Å². The van der Waals surface area contributed by atoms with E-state index in [0.717, 1.165) is 22.7 Å². The number of carbonyl (C=O) groups excluding carboxylic acids is 1. The van der Waals surface area contributed by atoms with Crippen LogP contribution in [0.3, 0.4) is 0 Å². The largest absolute Gasteiger partial charge is 0.497 e. The van der Waals surface area contributed by atoms with Crippen LogP contribution in [-0.4, -0.2) is 22.4 Å². The summed E-state index contributed by atoms with van der Waals surface area (Å²) < 4.78 is 7.12. The van der Waals surface area contributed by atoms with Crippen molar-refractivity contribution in [2.75, 3.05) is 7.11 Å². The van der Waals surface area contributed by atoms with E-state index in [1.165, 1.54) is 0 Å². The average Bonchev–Trinajstić information content (AvgIpc) is 2.96. The molecule has 0 aliphatic rings. The number of methoxy groups -OCH3 is 1. The molecule has 0 bridgehead atoms. The minimum atomic E-state index is -0.0408. The Morgan fingerprint density at radius 2 is 2.18 bits per heavy atom. The molecule has 5 nitrogen and oxygen atoms in total. The third-order valence-corrected chi connectivity index (χ3v) is 3.46. The van der Waals surface area contributed by atoms with E-state index in [0.29, 0.717) is 13.0 Å². The van der Waals surface area contributed by atoms with Crippen LogP contribution in [0, 0.1) is 0 Å². The van der Waals surface area contributed by atoms with Gasteiger partial charge in [0.05, 0.1) is 31.8 Å². The van der Waals surface area contributed by atoms with E-state index in [1.54, 1.807) is 13.3 Å². The lowest BCUT2D eigenvalue weighted by atomic mass is 10.1. The van der Waals surface area contributed by atoms with E-state index in [4.69, 9.17) is 4.74 Å². The molecular formula is C17H17N3O2. The first-order valence-corrected chi connectivity index (χ1v) is 7.07. The summed E-state index contributed by atoms with van der Waals surface area (Å²) in [5.74, 6) is 1.53. The molecule has 1 N–H and O–H groups in total. The molecule has 0 aliphatic carbocycles. The summed E-state index contributed by atoms with van der Waals surface area (Å²) in [7, 11) is 1.61.